The Bertz CT molecular complexity index is 665. The highest BCUT2D eigenvalue weighted by atomic mass is 19.1. The Balaban J connectivity index is 1.27. The lowest BCUT2D eigenvalue weighted by atomic mass is 10.0. The average molecular weight is 347 g/mol. The summed E-state index contributed by atoms with van der Waals surface area (Å²) in [6.45, 7) is 1.87. The molecule has 134 valence electrons. The van der Waals surface area contributed by atoms with Crippen LogP contribution in [0, 0.1) is 17.8 Å². The Morgan fingerprint density at radius 1 is 1.36 bits per heavy atom. The van der Waals surface area contributed by atoms with Crippen molar-refractivity contribution in [3.63, 3.8) is 0 Å². The Morgan fingerprint density at radius 2 is 2.20 bits per heavy atom. The second kappa shape index (κ2) is 6.71. The van der Waals surface area contributed by atoms with Crippen molar-refractivity contribution in [2.24, 2.45) is 11.8 Å². The summed E-state index contributed by atoms with van der Waals surface area (Å²) in [4.78, 5) is 29.6. The fourth-order valence-corrected chi connectivity index (χ4v) is 3.74. The third-order valence-corrected chi connectivity index (χ3v) is 5.27. The van der Waals surface area contributed by atoms with Gasteiger partial charge in [0.2, 0.25) is 11.9 Å². The summed E-state index contributed by atoms with van der Waals surface area (Å²) in [5.74, 6) is 0.121. The lowest BCUT2D eigenvalue weighted by Gasteiger charge is -2.19. The first-order valence-corrected chi connectivity index (χ1v) is 8.91. The van der Waals surface area contributed by atoms with E-state index in [4.69, 9.17) is 4.74 Å². The largest absolute Gasteiger partial charge is 0.372 e. The highest BCUT2D eigenvalue weighted by molar-refractivity contribution is 5.94. The van der Waals surface area contributed by atoms with Gasteiger partial charge in [-0.1, -0.05) is 0 Å². The third kappa shape index (κ3) is 3.81. The molecule has 3 heterocycles. The van der Waals surface area contributed by atoms with E-state index in [0.29, 0.717) is 31.0 Å². The molecule has 2 amide bonds. The number of likely N-dealkylation sites (tertiary alicyclic amines) is 1. The van der Waals surface area contributed by atoms with Gasteiger partial charge >= 0.3 is 0 Å². The topological polar surface area (TPSA) is 71.5 Å². The summed E-state index contributed by atoms with van der Waals surface area (Å²) in [5, 5.41) is 2.97. The van der Waals surface area contributed by atoms with Gasteiger partial charge in [-0.15, -0.1) is 0 Å². The van der Waals surface area contributed by atoms with E-state index in [9.17, 15) is 14.0 Å². The van der Waals surface area contributed by atoms with Gasteiger partial charge in [0.15, 0.2) is 0 Å². The number of rotatable bonds is 5. The predicted octanol–water partition coefficient (Wildman–Crippen LogP) is 1.37. The molecule has 6 nitrogen and oxygen atoms in total. The maximum atomic E-state index is 13.2. The average Bonchev–Trinajstić information content (AvgIpc) is 3.22. The summed E-state index contributed by atoms with van der Waals surface area (Å²) >= 11 is 0. The number of hydrogen-bond donors (Lipinski definition) is 1. The van der Waals surface area contributed by atoms with Crippen molar-refractivity contribution < 1.29 is 18.7 Å². The molecule has 1 N–H and O–H groups in total. The zero-order valence-corrected chi connectivity index (χ0v) is 14.0. The second-order valence-electron chi connectivity index (χ2n) is 7.32. The summed E-state index contributed by atoms with van der Waals surface area (Å²) in [6, 6.07) is 2.68. The van der Waals surface area contributed by atoms with Crippen LogP contribution in [0.25, 0.3) is 0 Å². The maximum absolute atomic E-state index is 13.2. The molecule has 1 aromatic heterocycles. The minimum Gasteiger partial charge on any atom is -0.372 e. The van der Waals surface area contributed by atoms with Crippen molar-refractivity contribution in [1.82, 2.24) is 15.2 Å². The highest BCUT2D eigenvalue weighted by Gasteiger charge is 2.44. The minimum absolute atomic E-state index is 0.0307. The Hall–Kier alpha value is -2.02. The van der Waals surface area contributed by atoms with Crippen molar-refractivity contribution in [2.45, 2.75) is 37.9 Å². The molecule has 0 radical (unpaired) electrons. The van der Waals surface area contributed by atoms with Crippen molar-refractivity contribution in [1.29, 1.82) is 0 Å². The number of ether oxygens (including phenoxy) is 1. The molecule has 1 aromatic rings. The summed E-state index contributed by atoms with van der Waals surface area (Å²) in [6.07, 6.45) is 4.82. The molecule has 3 fully saturated rings. The first-order valence-electron chi connectivity index (χ1n) is 8.91. The zero-order chi connectivity index (χ0) is 17.4. The summed E-state index contributed by atoms with van der Waals surface area (Å²) in [5.41, 5.74) is 0.309. The van der Waals surface area contributed by atoms with Crippen molar-refractivity contribution in [2.75, 3.05) is 19.6 Å². The van der Waals surface area contributed by atoms with Gasteiger partial charge in [-0.3, -0.25) is 9.59 Å². The summed E-state index contributed by atoms with van der Waals surface area (Å²) in [7, 11) is 0. The molecule has 0 bridgehead atoms. The van der Waals surface area contributed by atoms with Crippen molar-refractivity contribution in [3.05, 3.63) is 29.8 Å². The number of carbonyl (C=O) groups excluding carboxylic acids is 2. The molecular formula is C18H22FN3O3. The van der Waals surface area contributed by atoms with Crippen LogP contribution < -0.4 is 5.32 Å². The molecule has 4 rings (SSSR count). The molecular weight excluding hydrogens is 325 g/mol. The molecule has 1 aliphatic carbocycles. The summed E-state index contributed by atoms with van der Waals surface area (Å²) < 4.78 is 19.2. The second-order valence-corrected chi connectivity index (χ2v) is 7.32. The lowest BCUT2D eigenvalue weighted by molar-refractivity contribution is -0.123. The van der Waals surface area contributed by atoms with Gasteiger partial charge in [-0.05, 0) is 31.2 Å². The number of hydrogen-bond acceptors (Lipinski definition) is 4. The van der Waals surface area contributed by atoms with Gasteiger partial charge in [0.1, 0.15) is 0 Å². The standard InChI is InChI=1S/C18H22FN3O3/c19-16-6-12(3-4-20-16)18(24)22-9-13-5-14(25-15(13)10-22)7-17(23)21-8-11-1-2-11/h3-4,6,11,13-15H,1-2,5,7-10H2,(H,21,23)/t13-,14-,15+/m0/s1. The first-order chi connectivity index (χ1) is 12.1. The van der Waals surface area contributed by atoms with Crippen LogP contribution in [0.15, 0.2) is 18.3 Å². The van der Waals surface area contributed by atoms with Gasteiger partial charge < -0.3 is 15.0 Å². The van der Waals surface area contributed by atoms with Gasteiger partial charge in [-0.2, -0.15) is 4.39 Å². The third-order valence-electron chi connectivity index (χ3n) is 5.27. The molecule has 2 saturated heterocycles. The number of halogens is 1. The molecule has 2 aliphatic heterocycles. The highest BCUT2D eigenvalue weighted by Crippen LogP contribution is 2.35. The smallest absolute Gasteiger partial charge is 0.254 e. The quantitative estimate of drug-likeness (QED) is 0.817. The van der Waals surface area contributed by atoms with E-state index in [2.05, 4.69) is 10.3 Å². The van der Waals surface area contributed by atoms with Crippen LogP contribution in [-0.2, 0) is 9.53 Å². The zero-order valence-electron chi connectivity index (χ0n) is 14.0. The molecule has 25 heavy (non-hydrogen) atoms. The van der Waals surface area contributed by atoms with Crippen LogP contribution in [0.2, 0.25) is 0 Å². The van der Waals surface area contributed by atoms with Crippen LogP contribution in [0.3, 0.4) is 0 Å². The van der Waals surface area contributed by atoms with E-state index in [1.807, 2.05) is 0 Å². The van der Waals surface area contributed by atoms with E-state index in [1.165, 1.54) is 25.1 Å². The maximum Gasteiger partial charge on any atom is 0.254 e. The Morgan fingerprint density at radius 3 is 2.92 bits per heavy atom. The molecule has 7 heteroatoms. The SMILES string of the molecule is O=C(C[C@@H]1C[C@H]2CN(C(=O)c3ccnc(F)c3)C[C@H]2O1)NCC1CC1. The molecule has 3 atom stereocenters. The van der Waals surface area contributed by atoms with Gasteiger partial charge in [-0.25, -0.2) is 4.98 Å². The van der Waals surface area contributed by atoms with E-state index < -0.39 is 5.95 Å². The first kappa shape index (κ1) is 16.4. The fraction of sp³-hybridized carbons (Fsp3) is 0.611. The fourth-order valence-electron chi connectivity index (χ4n) is 3.74. The number of nitrogens with one attached hydrogen (secondary N) is 1. The molecule has 3 aliphatic rings. The lowest BCUT2D eigenvalue weighted by Crippen LogP contribution is -2.33. The number of pyridine rings is 1. The van der Waals surface area contributed by atoms with Crippen LogP contribution >= 0.6 is 0 Å². The van der Waals surface area contributed by atoms with Gasteiger partial charge in [0.25, 0.3) is 5.91 Å². The number of fused-ring (bicyclic) bond motifs is 1. The monoisotopic (exact) mass is 347 g/mol. The number of amides is 2. The molecule has 0 unspecified atom stereocenters. The van der Waals surface area contributed by atoms with E-state index in [0.717, 1.165) is 19.0 Å². The van der Waals surface area contributed by atoms with Gasteiger partial charge in [0.05, 0.1) is 18.6 Å². The number of nitrogens with zero attached hydrogens (tertiary/aromatic N) is 2. The van der Waals surface area contributed by atoms with Crippen LogP contribution in [-0.4, -0.2) is 53.5 Å². The van der Waals surface area contributed by atoms with Crippen molar-refractivity contribution >= 4 is 11.8 Å². The van der Waals surface area contributed by atoms with E-state index >= 15 is 0 Å². The molecule has 0 aromatic carbocycles. The predicted molar refractivity (Wildman–Crippen MR) is 87.2 cm³/mol. The number of carbonyl (C=O) groups is 2. The Labute approximate surface area is 145 Å². The van der Waals surface area contributed by atoms with E-state index in [-0.39, 0.29) is 29.9 Å². The van der Waals surface area contributed by atoms with Crippen molar-refractivity contribution in [3.8, 4) is 0 Å². The normalized spacial score (nSPS) is 28.0. The van der Waals surface area contributed by atoms with Crippen LogP contribution in [0.5, 0.6) is 0 Å². The Kier molecular flexibility index (Phi) is 4.41. The van der Waals surface area contributed by atoms with Gasteiger partial charge in [0, 0.05) is 43.4 Å². The van der Waals surface area contributed by atoms with E-state index in [1.54, 1.807) is 4.90 Å². The molecule has 0 spiro atoms. The minimum atomic E-state index is -0.654. The molecule has 1 saturated carbocycles. The number of aromatic nitrogens is 1. The van der Waals surface area contributed by atoms with Crippen LogP contribution in [0.4, 0.5) is 4.39 Å². The van der Waals surface area contributed by atoms with Crippen LogP contribution in [0.1, 0.15) is 36.0 Å².